The Bertz CT molecular complexity index is 802. The molecule has 5 heteroatoms. The molecule has 0 radical (unpaired) electrons. The Morgan fingerprint density at radius 1 is 1.26 bits per heavy atom. The summed E-state index contributed by atoms with van der Waals surface area (Å²) < 4.78 is 13.5. The topological polar surface area (TPSA) is 55.4 Å². The van der Waals surface area contributed by atoms with E-state index in [4.69, 9.17) is 5.73 Å². The van der Waals surface area contributed by atoms with Crippen molar-refractivity contribution < 1.29 is 13.7 Å². The predicted octanol–water partition coefficient (Wildman–Crippen LogP) is 3.31. The van der Waals surface area contributed by atoms with Crippen molar-refractivity contribution in [2.75, 3.05) is 0 Å². The molecule has 0 saturated heterocycles. The zero-order valence-corrected chi connectivity index (χ0v) is 13.4. The van der Waals surface area contributed by atoms with Gasteiger partial charge in [0.1, 0.15) is 29.3 Å². The van der Waals surface area contributed by atoms with Crippen LogP contribution in [0.4, 0.5) is 4.39 Å². The maximum absolute atomic E-state index is 13.2. The fraction of sp³-hybridized carbons (Fsp3) is 0.222. The van der Waals surface area contributed by atoms with Crippen LogP contribution in [0.2, 0.25) is 0 Å². The van der Waals surface area contributed by atoms with Crippen LogP contribution in [-0.4, -0.2) is 16.1 Å². The average molecular weight is 312 g/mol. The first-order chi connectivity index (χ1) is 10.9. The molecule has 1 aromatic carbocycles. The molecule has 23 heavy (non-hydrogen) atoms. The number of carbonyl (C=O) groups is 1. The van der Waals surface area contributed by atoms with Gasteiger partial charge in [0.2, 0.25) is 0 Å². The molecule has 0 spiro atoms. The Balaban J connectivity index is 2.18. The van der Waals surface area contributed by atoms with Crippen molar-refractivity contribution in [2.24, 2.45) is 10.7 Å². The highest BCUT2D eigenvalue weighted by Crippen LogP contribution is 2.46. The number of allylic oxidation sites excluding steroid dienone is 2. The minimum atomic E-state index is -0.492. The van der Waals surface area contributed by atoms with E-state index >= 15 is 0 Å². The number of rotatable bonds is 3. The van der Waals surface area contributed by atoms with Crippen molar-refractivity contribution in [3.05, 3.63) is 71.1 Å². The van der Waals surface area contributed by atoms with Gasteiger partial charge in [0.15, 0.2) is 0 Å². The Hall–Kier alpha value is -2.53. The van der Waals surface area contributed by atoms with Gasteiger partial charge in [-0.1, -0.05) is 12.1 Å². The van der Waals surface area contributed by atoms with E-state index in [2.05, 4.69) is 4.99 Å². The van der Waals surface area contributed by atoms with Crippen molar-refractivity contribution in [1.82, 2.24) is 0 Å². The van der Waals surface area contributed by atoms with Crippen LogP contribution in [0.15, 0.2) is 64.7 Å². The Morgan fingerprint density at radius 3 is 2.52 bits per heavy atom. The largest absolute Gasteiger partial charge is 0.365 e. The molecule has 118 valence electrons. The molecule has 4 nitrogen and oxygen atoms in total. The summed E-state index contributed by atoms with van der Waals surface area (Å²) in [7, 11) is 0. The standard InChI is InChI=1S/C18H18FN3O/c1-11-10-12(2)22(9-8-16(17(20)23)18(22)21-11)13(3)14-4-6-15(19)7-5-14/h4-10,13H,1-3H3,(H-,20,23)/p+1. The number of nitrogens with two attached hydrogens (primary N) is 1. The Kier molecular flexibility index (Phi) is 3.53. The molecule has 0 saturated carbocycles. The average Bonchev–Trinajstić information content (AvgIpc) is 2.88. The lowest BCUT2D eigenvalue weighted by Gasteiger charge is -2.39. The first-order valence-electron chi connectivity index (χ1n) is 7.48. The molecule has 3 rings (SSSR count). The van der Waals surface area contributed by atoms with Gasteiger partial charge in [-0.15, -0.1) is 0 Å². The van der Waals surface area contributed by atoms with E-state index in [1.165, 1.54) is 12.1 Å². The third-order valence-corrected chi connectivity index (χ3v) is 4.58. The van der Waals surface area contributed by atoms with Crippen LogP contribution in [-0.2, 0) is 4.79 Å². The third kappa shape index (κ3) is 2.24. The van der Waals surface area contributed by atoms with Gasteiger partial charge >= 0.3 is 0 Å². The highest BCUT2D eigenvalue weighted by atomic mass is 19.1. The number of hydrogen-bond acceptors (Lipinski definition) is 2. The number of quaternary nitrogens is 1. The van der Waals surface area contributed by atoms with Crippen molar-refractivity contribution in [3.8, 4) is 0 Å². The lowest BCUT2D eigenvalue weighted by molar-refractivity contribution is -0.833. The van der Waals surface area contributed by atoms with Crippen LogP contribution in [0.3, 0.4) is 0 Å². The summed E-state index contributed by atoms with van der Waals surface area (Å²) in [5, 5.41) is 0. The summed E-state index contributed by atoms with van der Waals surface area (Å²) in [5.74, 6) is -0.132. The van der Waals surface area contributed by atoms with Gasteiger partial charge in [-0.3, -0.25) is 4.79 Å². The van der Waals surface area contributed by atoms with Crippen molar-refractivity contribution in [1.29, 1.82) is 0 Å². The second-order valence-electron chi connectivity index (χ2n) is 5.96. The number of amides is 1. The van der Waals surface area contributed by atoms with E-state index < -0.39 is 5.91 Å². The summed E-state index contributed by atoms with van der Waals surface area (Å²) in [6.45, 7) is 5.94. The Morgan fingerprint density at radius 2 is 1.91 bits per heavy atom. The van der Waals surface area contributed by atoms with Crippen LogP contribution in [0.25, 0.3) is 0 Å². The molecular weight excluding hydrogens is 293 g/mol. The minimum absolute atomic E-state index is 0.0631. The van der Waals surface area contributed by atoms with Crippen LogP contribution >= 0.6 is 0 Å². The van der Waals surface area contributed by atoms with Gasteiger partial charge in [0, 0.05) is 30.4 Å². The van der Waals surface area contributed by atoms with Gasteiger partial charge in [-0.05, 0) is 26.0 Å². The molecular formula is C18H19FN3O+. The van der Waals surface area contributed by atoms with Crippen molar-refractivity contribution in [3.63, 3.8) is 0 Å². The monoisotopic (exact) mass is 312 g/mol. The van der Waals surface area contributed by atoms with Gasteiger partial charge < -0.3 is 5.73 Å². The first-order valence-corrected chi connectivity index (χ1v) is 7.48. The second kappa shape index (κ2) is 5.28. The zero-order valence-electron chi connectivity index (χ0n) is 13.4. The highest BCUT2D eigenvalue weighted by molar-refractivity contribution is 5.99. The fourth-order valence-corrected chi connectivity index (χ4v) is 3.36. The number of nitrogens with zero attached hydrogens (tertiary/aromatic N) is 2. The Labute approximate surface area is 134 Å². The molecule has 1 aromatic rings. The molecule has 0 aromatic heterocycles. The van der Waals surface area contributed by atoms with Crippen LogP contribution < -0.4 is 5.73 Å². The summed E-state index contributed by atoms with van der Waals surface area (Å²) in [6.07, 6.45) is 5.67. The number of fused-ring (bicyclic) bond motifs is 1. The van der Waals surface area contributed by atoms with E-state index in [0.29, 0.717) is 15.9 Å². The maximum atomic E-state index is 13.2. The molecule has 2 aliphatic heterocycles. The SMILES string of the molecule is CC1=CC(C)=NC2=C(C(N)=O)C=C[N+]12C(C)c1ccc(F)cc1. The van der Waals surface area contributed by atoms with E-state index in [0.717, 1.165) is 17.0 Å². The molecule has 0 bridgehead atoms. The lowest BCUT2D eigenvalue weighted by atomic mass is 10.0. The molecule has 1 amide bonds. The van der Waals surface area contributed by atoms with Crippen LogP contribution in [0, 0.1) is 5.82 Å². The molecule has 2 N–H and O–H groups in total. The molecule has 2 atom stereocenters. The van der Waals surface area contributed by atoms with Gasteiger partial charge in [-0.25, -0.2) is 13.9 Å². The number of halogens is 1. The summed E-state index contributed by atoms with van der Waals surface area (Å²) in [4.78, 5) is 16.4. The lowest BCUT2D eigenvalue weighted by Crippen LogP contribution is -2.43. The van der Waals surface area contributed by atoms with Gasteiger partial charge in [0.25, 0.3) is 11.7 Å². The molecule has 0 fully saturated rings. The number of primary amides is 1. The number of aliphatic imine (C=N–C) groups is 1. The molecule has 2 aliphatic rings. The summed E-state index contributed by atoms with van der Waals surface area (Å²) in [5.41, 5.74) is 8.77. The molecule has 2 heterocycles. The first kappa shape index (κ1) is 15.4. The van der Waals surface area contributed by atoms with E-state index in [-0.39, 0.29) is 11.9 Å². The number of hydrogen-bond donors (Lipinski definition) is 1. The van der Waals surface area contributed by atoms with Crippen molar-refractivity contribution >= 4 is 11.6 Å². The zero-order chi connectivity index (χ0) is 16.8. The number of benzene rings is 1. The van der Waals surface area contributed by atoms with E-state index in [9.17, 15) is 9.18 Å². The normalized spacial score (nSPS) is 24.2. The minimum Gasteiger partial charge on any atom is -0.365 e. The maximum Gasteiger partial charge on any atom is 0.256 e. The van der Waals surface area contributed by atoms with Crippen molar-refractivity contribution in [2.45, 2.75) is 26.8 Å². The quantitative estimate of drug-likeness (QED) is 0.855. The number of carbonyl (C=O) groups excluding carboxylic acids is 1. The summed E-state index contributed by atoms with van der Waals surface area (Å²) >= 11 is 0. The summed E-state index contributed by atoms with van der Waals surface area (Å²) in [6, 6.07) is 6.35. The second-order valence-corrected chi connectivity index (χ2v) is 5.96. The smallest absolute Gasteiger partial charge is 0.256 e. The fourth-order valence-electron chi connectivity index (χ4n) is 3.36. The van der Waals surface area contributed by atoms with Crippen LogP contribution in [0.5, 0.6) is 0 Å². The van der Waals surface area contributed by atoms with Gasteiger partial charge in [0.05, 0.1) is 0 Å². The molecule has 2 unspecified atom stereocenters. The predicted molar refractivity (Wildman–Crippen MR) is 87.3 cm³/mol. The van der Waals surface area contributed by atoms with Gasteiger partial charge in [-0.2, -0.15) is 0 Å². The van der Waals surface area contributed by atoms with Crippen LogP contribution in [0.1, 0.15) is 32.4 Å². The van der Waals surface area contributed by atoms with E-state index in [1.807, 2.05) is 33.0 Å². The third-order valence-electron chi connectivity index (χ3n) is 4.58. The van der Waals surface area contributed by atoms with E-state index in [1.54, 1.807) is 18.2 Å². The highest BCUT2D eigenvalue weighted by Gasteiger charge is 2.47. The molecule has 0 aliphatic carbocycles.